The second kappa shape index (κ2) is 3.68. The second-order valence-corrected chi connectivity index (χ2v) is 2.52. The molecule has 0 amide bonds. The largest absolute Gasteiger partial charge is 0.135 e. The summed E-state index contributed by atoms with van der Waals surface area (Å²) in [6.45, 7) is 2.21. The number of hydrogen-bond acceptors (Lipinski definition) is 0. The second-order valence-electron chi connectivity index (χ2n) is 1.58. The van der Waals surface area contributed by atoms with Crippen LogP contribution in [0.5, 0.6) is 0 Å². The van der Waals surface area contributed by atoms with Crippen molar-refractivity contribution in [3.05, 3.63) is 0 Å². The van der Waals surface area contributed by atoms with Crippen molar-refractivity contribution in [2.45, 2.75) is 25.3 Å². The van der Waals surface area contributed by atoms with Crippen LogP contribution in [0, 0.1) is 0 Å². The molecule has 0 aromatic rings. The maximum absolute atomic E-state index is 2.81. The Morgan fingerprint density at radius 3 is 2.33 bits per heavy atom. The zero-order valence-corrected chi connectivity index (χ0v) is 5.72. The van der Waals surface area contributed by atoms with Crippen molar-refractivity contribution < 1.29 is 0 Å². The Morgan fingerprint density at radius 1 is 1.83 bits per heavy atom. The van der Waals surface area contributed by atoms with Crippen LogP contribution in [-0.2, 0) is 0 Å². The Bertz CT molecular complexity index is 26.7. The van der Waals surface area contributed by atoms with Gasteiger partial charge in [-0.15, -0.1) is 9.24 Å². The first-order valence-electron chi connectivity index (χ1n) is 2.56. The molecular weight excluding hydrogens is 89.8 g/mol. The minimum atomic E-state index is 0.852. The molecule has 0 bridgehead atoms. The van der Waals surface area contributed by atoms with Crippen molar-refractivity contribution in [1.82, 2.24) is 0 Å². The smallest absolute Gasteiger partial charge is 0.102 e. The van der Waals surface area contributed by atoms with E-state index >= 15 is 0 Å². The van der Waals surface area contributed by atoms with Crippen molar-refractivity contribution in [2.75, 3.05) is 0 Å². The van der Waals surface area contributed by atoms with E-state index in [1.165, 1.54) is 12.7 Å². The molecule has 2 atom stereocenters. The van der Waals surface area contributed by atoms with E-state index in [9.17, 15) is 0 Å². The first-order valence-corrected chi connectivity index (χ1v) is 3.23. The van der Waals surface area contributed by atoms with E-state index in [0.29, 0.717) is 0 Å². The van der Waals surface area contributed by atoms with Gasteiger partial charge in [0.1, 0.15) is 7.85 Å². The molecule has 0 fully saturated rings. The molecular formula is C4H12BP. The maximum atomic E-state index is 2.81. The lowest BCUT2D eigenvalue weighted by Crippen LogP contribution is -1.90. The minimum Gasteiger partial charge on any atom is -0.135 e. The van der Waals surface area contributed by atoms with E-state index in [4.69, 9.17) is 0 Å². The Hall–Kier alpha value is 0.495. The highest BCUT2D eigenvalue weighted by Crippen LogP contribution is 2.06. The molecule has 0 N–H and O–H groups in total. The van der Waals surface area contributed by atoms with Crippen molar-refractivity contribution in [1.29, 1.82) is 0 Å². The van der Waals surface area contributed by atoms with Crippen molar-refractivity contribution in [2.24, 2.45) is 0 Å². The number of rotatable bonds is 2. The van der Waals surface area contributed by atoms with E-state index in [-0.39, 0.29) is 0 Å². The monoisotopic (exact) mass is 102 g/mol. The molecule has 0 rings (SSSR count). The van der Waals surface area contributed by atoms with Gasteiger partial charge in [0.25, 0.3) is 0 Å². The third-order valence-corrected chi connectivity index (χ3v) is 1.99. The zero-order valence-electron chi connectivity index (χ0n) is 4.57. The molecule has 0 heterocycles. The summed E-state index contributed by atoms with van der Waals surface area (Å²) in [5.74, 6) is 0. The van der Waals surface area contributed by atoms with Crippen LogP contribution in [0.25, 0.3) is 0 Å². The highest BCUT2D eigenvalue weighted by molar-refractivity contribution is 7.17. The van der Waals surface area contributed by atoms with E-state index in [1.807, 2.05) is 0 Å². The van der Waals surface area contributed by atoms with Crippen LogP contribution in [0.4, 0.5) is 0 Å². The molecule has 1 unspecified atom stereocenters. The molecule has 0 nitrogen and oxygen atoms in total. The summed E-state index contributed by atoms with van der Waals surface area (Å²) < 4.78 is 0. The summed E-state index contributed by atoms with van der Waals surface area (Å²) in [6.07, 6.45) is 2.59. The van der Waals surface area contributed by atoms with Crippen LogP contribution in [0.2, 0.25) is 6.32 Å². The van der Waals surface area contributed by atoms with Crippen molar-refractivity contribution >= 4 is 17.1 Å². The Morgan fingerprint density at radius 2 is 2.33 bits per heavy atom. The van der Waals surface area contributed by atoms with Gasteiger partial charge < -0.3 is 0 Å². The topological polar surface area (TPSA) is 0 Å². The van der Waals surface area contributed by atoms with Gasteiger partial charge in [-0.25, -0.2) is 0 Å². The lowest BCUT2D eigenvalue weighted by atomic mass is 10.0. The SMILES string of the molecule is BC[C@H](P)CC. The fourth-order valence-electron chi connectivity index (χ4n) is 0.289. The van der Waals surface area contributed by atoms with Gasteiger partial charge in [0, 0.05) is 0 Å². The van der Waals surface area contributed by atoms with Gasteiger partial charge in [-0.05, 0) is 5.66 Å². The lowest BCUT2D eigenvalue weighted by molar-refractivity contribution is 0.905. The van der Waals surface area contributed by atoms with Crippen LogP contribution in [0.1, 0.15) is 13.3 Å². The Balaban J connectivity index is 2.75. The average Bonchev–Trinajstić information content (AvgIpc) is 1.65. The first kappa shape index (κ1) is 6.49. The van der Waals surface area contributed by atoms with Crippen molar-refractivity contribution in [3.63, 3.8) is 0 Å². The van der Waals surface area contributed by atoms with E-state index in [1.54, 1.807) is 0 Å². The van der Waals surface area contributed by atoms with Crippen LogP contribution in [-0.4, -0.2) is 13.5 Å². The molecule has 0 aliphatic rings. The molecule has 0 aromatic heterocycles. The summed E-state index contributed by atoms with van der Waals surface area (Å²) in [7, 11) is 5.02. The fourth-order valence-corrected chi connectivity index (χ4v) is 0.289. The summed E-state index contributed by atoms with van der Waals surface area (Å²) in [4.78, 5) is 0. The van der Waals surface area contributed by atoms with E-state index in [2.05, 4.69) is 24.0 Å². The molecule has 2 heteroatoms. The molecule has 6 heavy (non-hydrogen) atoms. The van der Waals surface area contributed by atoms with E-state index in [0.717, 1.165) is 5.66 Å². The van der Waals surface area contributed by atoms with Gasteiger partial charge in [-0.1, -0.05) is 19.7 Å². The summed E-state index contributed by atoms with van der Waals surface area (Å²) >= 11 is 0. The van der Waals surface area contributed by atoms with Crippen LogP contribution in [0.15, 0.2) is 0 Å². The molecule has 0 aliphatic heterocycles. The number of hydrogen-bond donors (Lipinski definition) is 0. The van der Waals surface area contributed by atoms with Gasteiger partial charge in [-0.3, -0.25) is 0 Å². The van der Waals surface area contributed by atoms with Crippen LogP contribution >= 0.6 is 9.24 Å². The highest BCUT2D eigenvalue weighted by Gasteiger charge is 1.88. The third-order valence-electron chi connectivity index (χ3n) is 1.05. The minimum absolute atomic E-state index is 0.852. The van der Waals surface area contributed by atoms with Gasteiger partial charge in [0.05, 0.1) is 0 Å². The van der Waals surface area contributed by atoms with Crippen LogP contribution < -0.4 is 0 Å². The first-order chi connectivity index (χ1) is 2.81. The predicted octanol–water partition coefficient (Wildman–Crippen LogP) is 0.691. The fraction of sp³-hybridized carbons (Fsp3) is 1.00. The molecule has 0 saturated heterocycles. The quantitative estimate of drug-likeness (QED) is 0.355. The molecule has 0 radical (unpaired) electrons. The van der Waals surface area contributed by atoms with Gasteiger partial charge in [0.2, 0.25) is 0 Å². The maximum Gasteiger partial charge on any atom is 0.102 e. The normalized spacial score (nSPS) is 14.3. The van der Waals surface area contributed by atoms with Crippen molar-refractivity contribution in [3.8, 4) is 0 Å². The van der Waals surface area contributed by atoms with Crippen LogP contribution in [0.3, 0.4) is 0 Å². The van der Waals surface area contributed by atoms with E-state index < -0.39 is 0 Å². The highest BCUT2D eigenvalue weighted by atomic mass is 31.0. The summed E-state index contributed by atoms with van der Waals surface area (Å²) in [5, 5.41) is 0. The molecule has 0 spiro atoms. The predicted molar refractivity (Wildman–Crippen MR) is 37.1 cm³/mol. The van der Waals surface area contributed by atoms with Gasteiger partial charge in [0.15, 0.2) is 0 Å². The molecule has 36 valence electrons. The molecule has 0 aromatic carbocycles. The molecule has 0 aliphatic carbocycles. The van der Waals surface area contributed by atoms with Gasteiger partial charge in [-0.2, -0.15) is 0 Å². The molecule has 0 saturated carbocycles. The third kappa shape index (κ3) is 2.72. The average molecular weight is 102 g/mol. The zero-order chi connectivity index (χ0) is 4.99. The lowest BCUT2D eigenvalue weighted by Gasteiger charge is -1.98. The standard InChI is InChI=1S/C4H12BP/c1-2-4(6)3-5/h4H,2-3,5-6H2,1H3/t4-/m1/s1. The summed E-state index contributed by atoms with van der Waals surface area (Å²) in [6, 6.07) is 0. The summed E-state index contributed by atoms with van der Waals surface area (Å²) in [5.41, 5.74) is 0.852. The van der Waals surface area contributed by atoms with Gasteiger partial charge >= 0.3 is 0 Å². The Labute approximate surface area is 43.3 Å². The Kier molecular flexibility index (Phi) is 3.98.